The number of benzene rings is 1. The Morgan fingerprint density at radius 1 is 1.33 bits per heavy atom. The lowest BCUT2D eigenvalue weighted by atomic mass is 9.81. The third-order valence-corrected chi connectivity index (χ3v) is 4.45. The SMILES string of the molecule is CCN(CC)CC(C)CC1(C#N)OCCc2ccccc21. The minimum atomic E-state index is -0.762. The standard InChI is InChI=1S/C18H26N2O/c1-4-20(5-2)13-15(3)12-18(14-19)17-9-7-6-8-16(17)10-11-21-18/h6-9,15H,4-5,10-13H2,1-3H3. The van der Waals surface area contributed by atoms with Gasteiger partial charge < -0.3 is 9.64 Å². The van der Waals surface area contributed by atoms with Gasteiger partial charge in [-0.05, 0) is 37.4 Å². The summed E-state index contributed by atoms with van der Waals surface area (Å²) < 4.78 is 5.98. The predicted molar refractivity (Wildman–Crippen MR) is 85.0 cm³/mol. The molecule has 2 unspecified atom stereocenters. The van der Waals surface area contributed by atoms with Crippen molar-refractivity contribution in [2.45, 2.75) is 39.2 Å². The van der Waals surface area contributed by atoms with E-state index < -0.39 is 5.60 Å². The first-order valence-corrected chi connectivity index (χ1v) is 8.01. The third-order valence-electron chi connectivity index (χ3n) is 4.45. The van der Waals surface area contributed by atoms with Crippen LogP contribution in [0.3, 0.4) is 0 Å². The van der Waals surface area contributed by atoms with Gasteiger partial charge in [0, 0.05) is 12.1 Å². The van der Waals surface area contributed by atoms with Gasteiger partial charge in [0.1, 0.15) is 6.07 Å². The van der Waals surface area contributed by atoms with E-state index in [4.69, 9.17) is 4.74 Å². The number of nitriles is 1. The molecule has 0 saturated heterocycles. The minimum Gasteiger partial charge on any atom is -0.356 e. The van der Waals surface area contributed by atoms with E-state index >= 15 is 0 Å². The van der Waals surface area contributed by atoms with Gasteiger partial charge in [-0.3, -0.25) is 0 Å². The molecular weight excluding hydrogens is 260 g/mol. The van der Waals surface area contributed by atoms with Gasteiger partial charge in [-0.1, -0.05) is 45.0 Å². The third kappa shape index (κ3) is 3.45. The molecule has 0 fully saturated rings. The summed E-state index contributed by atoms with van der Waals surface area (Å²) in [5.74, 6) is 0.427. The van der Waals surface area contributed by atoms with Gasteiger partial charge in [-0.25, -0.2) is 0 Å². The molecule has 3 heteroatoms. The Kier molecular flexibility index (Phi) is 5.39. The lowest BCUT2D eigenvalue weighted by molar-refractivity contribution is -0.0341. The van der Waals surface area contributed by atoms with E-state index in [9.17, 15) is 5.26 Å². The summed E-state index contributed by atoms with van der Waals surface area (Å²) in [4.78, 5) is 2.41. The first-order chi connectivity index (χ1) is 10.1. The van der Waals surface area contributed by atoms with Crippen LogP contribution in [0.1, 0.15) is 38.3 Å². The summed E-state index contributed by atoms with van der Waals surface area (Å²) in [5, 5.41) is 9.80. The number of nitrogens with zero attached hydrogens (tertiary/aromatic N) is 2. The van der Waals surface area contributed by atoms with Crippen molar-refractivity contribution in [3.05, 3.63) is 35.4 Å². The molecule has 0 N–H and O–H groups in total. The molecule has 1 aromatic carbocycles. The zero-order valence-corrected chi connectivity index (χ0v) is 13.4. The van der Waals surface area contributed by atoms with E-state index in [1.807, 2.05) is 12.1 Å². The summed E-state index contributed by atoms with van der Waals surface area (Å²) >= 11 is 0. The maximum absolute atomic E-state index is 9.80. The van der Waals surface area contributed by atoms with E-state index in [0.29, 0.717) is 12.5 Å². The molecule has 114 valence electrons. The second-order valence-electron chi connectivity index (χ2n) is 5.99. The van der Waals surface area contributed by atoms with Gasteiger partial charge >= 0.3 is 0 Å². The van der Waals surface area contributed by atoms with Crippen molar-refractivity contribution >= 4 is 0 Å². The van der Waals surface area contributed by atoms with Crippen LogP contribution in [0.5, 0.6) is 0 Å². The molecule has 0 saturated carbocycles. The summed E-state index contributed by atoms with van der Waals surface area (Å²) in [6, 6.07) is 10.7. The number of hydrogen-bond donors (Lipinski definition) is 0. The molecule has 2 atom stereocenters. The lowest BCUT2D eigenvalue weighted by Gasteiger charge is -2.36. The smallest absolute Gasteiger partial charge is 0.180 e. The topological polar surface area (TPSA) is 36.3 Å². The minimum absolute atomic E-state index is 0.427. The summed E-state index contributed by atoms with van der Waals surface area (Å²) in [6.07, 6.45) is 1.67. The first kappa shape index (κ1) is 16.0. The summed E-state index contributed by atoms with van der Waals surface area (Å²) in [6.45, 7) is 10.4. The van der Waals surface area contributed by atoms with Crippen LogP contribution in [0.4, 0.5) is 0 Å². The molecule has 1 aliphatic rings. The molecule has 0 radical (unpaired) electrons. The number of hydrogen-bond acceptors (Lipinski definition) is 3. The van der Waals surface area contributed by atoms with E-state index in [1.54, 1.807) is 0 Å². The van der Waals surface area contributed by atoms with Crippen molar-refractivity contribution in [2.24, 2.45) is 5.92 Å². The van der Waals surface area contributed by atoms with Gasteiger partial charge in [0.05, 0.1) is 6.61 Å². The van der Waals surface area contributed by atoms with Crippen LogP contribution in [0, 0.1) is 17.2 Å². The molecule has 3 nitrogen and oxygen atoms in total. The largest absolute Gasteiger partial charge is 0.356 e. The average molecular weight is 286 g/mol. The molecule has 1 aliphatic heterocycles. The lowest BCUT2D eigenvalue weighted by Crippen LogP contribution is -2.38. The molecule has 0 aromatic heterocycles. The average Bonchev–Trinajstić information content (AvgIpc) is 2.52. The van der Waals surface area contributed by atoms with Crippen LogP contribution in [0.2, 0.25) is 0 Å². The molecule has 0 aliphatic carbocycles. The maximum Gasteiger partial charge on any atom is 0.180 e. The Balaban J connectivity index is 2.18. The fourth-order valence-electron chi connectivity index (χ4n) is 3.33. The van der Waals surface area contributed by atoms with Gasteiger partial charge in [-0.15, -0.1) is 0 Å². The summed E-state index contributed by atoms with van der Waals surface area (Å²) in [5.41, 5.74) is 1.58. The summed E-state index contributed by atoms with van der Waals surface area (Å²) in [7, 11) is 0. The number of ether oxygens (including phenoxy) is 1. The van der Waals surface area contributed by atoms with E-state index in [1.165, 1.54) is 5.56 Å². The molecule has 0 amide bonds. The monoisotopic (exact) mass is 286 g/mol. The van der Waals surface area contributed by atoms with Crippen molar-refractivity contribution < 1.29 is 4.74 Å². The molecule has 1 heterocycles. The zero-order chi connectivity index (χ0) is 15.3. The Hall–Kier alpha value is -1.37. The second-order valence-corrected chi connectivity index (χ2v) is 5.99. The van der Waals surface area contributed by atoms with Crippen LogP contribution in [-0.2, 0) is 16.8 Å². The first-order valence-electron chi connectivity index (χ1n) is 8.01. The highest BCUT2D eigenvalue weighted by Gasteiger charge is 2.39. The van der Waals surface area contributed by atoms with Crippen LogP contribution in [0.15, 0.2) is 24.3 Å². The van der Waals surface area contributed by atoms with Crippen LogP contribution >= 0.6 is 0 Å². The van der Waals surface area contributed by atoms with Gasteiger partial charge in [0.25, 0.3) is 0 Å². The quantitative estimate of drug-likeness (QED) is 0.804. The van der Waals surface area contributed by atoms with Crippen molar-refractivity contribution in [3.8, 4) is 6.07 Å². The molecule has 2 rings (SSSR count). The number of rotatable bonds is 6. The molecule has 0 spiro atoms. The van der Waals surface area contributed by atoms with Crippen LogP contribution < -0.4 is 0 Å². The van der Waals surface area contributed by atoms with Crippen molar-refractivity contribution in [2.75, 3.05) is 26.2 Å². The fourth-order valence-corrected chi connectivity index (χ4v) is 3.33. The molecular formula is C18H26N2O. The fraction of sp³-hybridized carbons (Fsp3) is 0.611. The Bertz CT molecular complexity index is 504. The Labute approximate surface area is 128 Å². The highest BCUT2D eigenvalue weighted by atomic mass is 16.5. The Morgan fingerprint density at radius 3 is 2.71 bits per heavy atom. The highest BCUT2D eigenvalue weighted by Crippen LogP contribution is 2.37. The maximum atomic E-state index is 9.80. The van der Waals surface area contributed by atoms with Crippen molar-refractivity contribution in [1.29, 1.82) is 5.26 Å². The second kappa shape index (κ2) is 7.06. The molecule has 1 aromatic rings. The molecule has 21 heavy (non-hydrogen) atoms. The van der Waals surface area contributed by atoms with Crippen molar-refractivity contribution in [3.63, 3.8) is 0 Å². The highest BCUT2D eigenvalue weighted by molar-refractivity contribution is 5.38. The predicted octanol–water partition coefficient (Wildman–Crippen LogP) is 3.35. The number of fused-ring (bicyclic) bond motifs is 1. The van der Waals surface area contributed by atoms with Gasteiger partial charge in [-0.2, -0.15) is 5.26 Å². The van der Waals surface area contributed by atoms with Gasteiger partial charge in [0.2, 0.25) is 0 Å². The molecule has 0 bridgehead atoms. The van der Waals surface area contributed by atoms with E-state index in [-0.39, 0.29) is 0 Å². The van der Waals surface area contributed by atoms with Crippen LogP contribution in [0.25, 0.3) is 0 Å². The Morgan fingerprint density at radius 2 is 2.05 bits per heavy atom. The van der Waals surface area contributed by atoms with Crippen LogP contribution in [-0.4, -0.2) is 31.1 Å². The van der Waals surface area contributed by atoms with Gasteiger partial charge in [0.15, 0.2) is 5.60 Å². The van der Waals surface area contributed by atoms with E-state index in [0.717, 1.165) is 38.0 Å². The van der Waals surface area contributed by atoms with Crippen molar-refractivity contribution in [1.82, 2.24) is 4.90 Å². The zero-order valence-electron chi connectivity index (χ0n) is 13.4. The normalized spacial score (nSPS) is 22.6. The van der Waals surface area contributed by atoms with E-state index in [2.05, 4.69) is 43.9 Å².